The molecular weight excluding hydrogens is 392 g/mol. The van der Waals surface area contributed by atoms with Crippen molar-refractivity contribution in [2.75, 3.05) is 32.7 Å². The Bertz CT molecular complexity index is 707. The molecule has 0 amide bonds. The predicted octanol–water partition coefficient (Wildman–Crippen LogP) is 6.89. The summed E-state index contributed by atoms with van der Waals surface area (Å²) < 4.78 is 0. The second-order valence-corrected chi connectivity index (χ2v) is 9.72. The number of carbonyl (C=O) groups is 1. The van der Waals surface area contributed by atoms with Crippen LogP contribution in [0.5, 0.6) is 0 Å². The molecule has 3 nitrogen and oxygen atoms in total. The van der Waals surface area contributed by atoms with Crippen LogP contribution in [0, 0.1) is 0 Å². The van der Waals surface area contributed by atoms with Gasteiger partial charge in [-0.15, -0.1) is 6.58 Å². The largest absolute Gasteiger partial charge is 0.298 e. The first-order valence-corrected chi connectivity index (χ1v) is 12.4. The fourth-order valence-electron chi connectivity index (χ4n) is 4.08. The molecule has 0 aromatic carbocycles. The highest BCUT2D eigenvalue weighted by Crippen LogP contribution is 2.15. The number of carbonyl (C=O) groups excluding carboxylic acids is 1. The van der Waals surface area contributed by atoms with Gasteiger partial charge in [0, 0.05) is 32.7 Å². The van der Waals surface area contributed by atoms with E-state index in [4.69, 9.17) is 0 Å². The van der Waals surface area contributed by atoms with Crippen LogP contribution in [0.3, 0.4) is 0 Å². The molecule has 1 aliphatic heterocycles. The lowest BCUT2D eigenvalue weighted by atomic mass is 10.0. The van der Waals surface area contributed by atoms with E-state index < -0.39 is 0 Å². The third-order valence-corrected chi connectivity index (χ3v) is 6.26. The van der Waals surface area contributed by atoms with Crippen molar-refractivity contribution in [3.63, 3.8) is 0 Å². The van der Waals surface area contributed by atoms with Gasteiger partial charge in [-0.05, 0) is 80.1 Å². The van der Waals surface area contributed by atoms with Crippen molar-refractivity contribution in [3.05, 3.63) is 59.3 Å². The first-order chi connectivity index (χ1) is 15.2. The highest BCUT2D eigenvalue weighted by molar-refractivity contribution is 5.81. The van der Waals surface area contributed by atoms with Crippen molar-refractivity contribution in [1.29, 1.82) is 0 Å². The lowest BCUT2D eigenvalue weighted by Crippen LogP contribution is -2.55. The molecule has 1 atom stereocenters. The summed E-state index contributed by atoms with van der Waals surface area (Å²) in [5.74, 6) is 0.260. The molecule has 1 rings (SSSR count). The summed E-state index contributed by atoms with van der Waals surface area (Å²) in [5, 5.41) is 0. The topological polar surface area (TPSA) is 23.6 Å². The zero-order chi connectivity index (χ0) is 23.9. The van der Waals surface area contributed by atoms with E-state index in [0.29, 0.717) is 0 Å². The smallest absolute Gasteiger partial charge is 0.148 e. The van der Waals surface area contributed by atoms with E-state index in [9.17, 15) is 4.79 Å². The summed E-state index contributed by atoms with van der Waals surface area (Å²) in [5.41, 5.74) is 5.85. The second-order valence-electron chi connectivity index (χ2n) is 9.72. The average Bonchev–Trinajstić information content (AvgIpc) is 2.72. The molecule has 3 heteroatoms. The van der Waals surface area contributed by atoms with E-state index in [0.717, 1.165) is 64.8 Å². The van der Waals surface area contributed by atoms with Gasteiger partial charge in [0.15, 0.2) is 0 Å². The Morgan fingerprint density at radius 3 is 1.81 bits per heavy atom. The number of piperazine rings is 1. The number of hydrogen-bond acceptors (Lipinski definition) is 3. The summed E-state index contributed by atoms with van der Waals surface area (Å²) in [6.07, 6.45) is 18.2. The van der Waals surface area contributed by atoms with Gasteiger partial charge in [-0.3, -0.25) is 14.6 Å². The van der Waals surface area contributed by atoms with Gasteiger partial charge in [0.05, 0.1) is 6.04 Å². The highest BCUT2D eigenvalue weighted by Gasteiger charge is 2.28. The van der Waals surface area contributed by atoms with Gasteiger partial charge >= 0.3 is 0 Å². The van der Waals surface area contributed by atoms with Crippen molar-refractivity contribution in [2.24, 2.45) is 0 Å². The molecule has 1 aliphatic rings. The van der Waals surface area contributed by atoms with Crippen molar-refractivity contribution in [1.82, 2.24) is 9.80 Å². The second kappa shape index (κ2) is 16.0. The fourth-order valence-corrected chi connectivity index (χ4v) is 4.08. The van der Waals surface area contributed by atoms with E-state index in [-0.39, 0.29) is 11.8 Å². The van der Waals surface area contributed by atoms with Gasteiger partial charge in [0.1, 0.15) is 5.78 Å². The molecular formula is C29H48N2O. The molecule has 1 fully saturated rings. The summed E-state index contributed by atoms with van der Waals surface area (Å²) in [6.45, 7) is 21.1. The van der Waals surface area contributed by atoms with Crippen LogP contribution in [0.2, 0.25) is 0 Å². The lowest BCUT2D eigenvalue weighted by Gasteiger charge is -2.39. The van der Waals surface area contributed by atoms with E-state index >= 15 is 0 Å². The van der Waals surface area contributed by atoms with Gasteiger partial charge in [-0.1, -0.05) is 52.7 Å². The van der Waals surface area contributed by atoms with Gasteiger partial charge in [-0.25, -0.2) is 0 Å². The van der Waals surface area contributed by atoms with Crippen molar-refractivity contribution in [2.45, 2.75) is 86.1 Å². The van der Waals surface area contributed by atoms with E-state index in [1.807, 2.05) is 6.08 Å². The van der Waals surface area contributed by atoms with Crippen molar-refractivity contribution >= 4 is 5.78 Å². The minimum atomic E-state index is 0.00551. The first-order valence-electron chi connectivity index (χ1n) is 12.4. The standard InChI is InChI=1S/C29H48N2O/c1-8-19-31-22-21-30(23-29(31)28(7)32)20-18-27(6)17-11-16-26(5)15-10-14-25(4)13-9-12-24(2)3/h8,12,14,16,18,29H,1,9-11,13,15,17,19-23H2,2-7H3/b25-14+,26-16+,27-18+. The Kier molecular flexibility index (Phi) is 14.2. The van der Waals surface area contributed by atoms with Crippen LogP contribution in [0.4, 0.5) is 0 Å². The number of hydrogen-bond donors (Lipinski definition) is 0. The van der Waals surface area contributed by atoms with Gasteiger partial charge < -0.3 is 0 Å². The first kappa shape index (κ1) is 28.3. The minimum Gasteiger partial charge on any atom is -0.298 e. The third-order valence-electron chi connectivity index (χ3n) is 6.26. The maximum Gasteiger partial charge on any atom is 0.148 e. The summed E-state index contributed by atoms with van der Waals surface area (Å²) in [4.78, 5) is 16.7. The van der Waals surface area contributed by atoms with Crippen LogP contribution >= 0.6 is 0 Å². The maximum absolute atomic E-state index is 12.0. The normalized spacial score (nSPS) is 19.2. The molecule has 0 aliphatic carbocycles. The summed E-state index contributed by atoms with van der Waals surface area (Å²) in [7, 11) is 0. The molecule has 180 valence electrons. The zero-order valence-electron chi connectivity index (χ0n) is 21.8. The highest BCUT2D eigenvalue weighted by atomic mass is 16.1. The van der Waals surface area contributed by atoms with Crippen molar-refractivity contribution in [3.8, 4) is 0 Å². The number of allylic oxidation sites excluding steroid dienone is 7. The Morgan fingerprint density at radius 1 is 0.781 bits per heavy atom. The molecule has 0 spiro atoms. The van der Waals surface area contributed by atoms with Gasteiger partial charge in [0.2, 0.25) is 0 Å². The number of rotatable bonds is 14. The lowest BCUT2D eigenvalue weighted by molar-refractivity contribution is -0.124. The number of nitrogens with zero attached hydrogens (tertiary/aromatic N) is 2. The van der Waals surface area contributed by atoms with Crippen LogP contribution in [0.25, 0.3) is 0 Å². The number of ketones is 1. The summed E-state index contributed by atoms with van der Waals surface area (Å²) in [6, 6.07) is 0.00551. The SMILES string of the molecule is C=CCN1CCN(C/C=C(\C)CC/C=C(\C)CC/C=C(\C)CCC=C(C)C)CC1C(C)=O. The quantitative estimate of drug-likeness (QED) is 0.275. The van der Waals surface area contributed by atoms with Crippen LogP contribution in [-0.2, 0) is 4.79 Å². The maximum atomic E-state index is 12.0. The van der Waals surface area contributed by atoms with Crippen LogP contribution < -0.4 is 0 Å². The van der Waals surface area contributed by atoms with E-state index in [1.165, 1.54) is 28.7 Å². The van der Waals surface area contributed by atoms with Gasteiger partial charge in [0.25, 0.3) is 0 Å². The van der Waals surface area contributed by atoms with Crippen LogP contribution in [-0.4, -0.2) is 54.3 Å². The number of Topliss-reactive ketones (excluding diaryl/α,β-unsaturated/α-hetero) is 1. The van der Waals surface area contributed by atoms with Crippen LogP contribution in [0.1, 0.15) is 80.1 Å². The van der Waals surface area contributed by atoms with Crippen LogP contribution in [0.15, 0.2) is 59.3 Å². The zero-order valence-corrected chi connectivity index (χ0v) is 21.8. The Balaban J connectivity index is 2.34. The molecule has 0 N–H and O–H groups in total. The van der Waals surface area contributed by atoms with Gasteiger partial charge in [-0.2, -0.15) is 0 Å². The third kappa shape index (κ3) is 12.4. The van der Waals surface area contributed by atoms with E-state index in [2.05, 4.69) is 75.3 Å². The Labute approximate surface area is 198 Å². The fraction of sp³-hybridized carbons (Fsp3) is 0.621. The average molecular weight is 441 g/mol. The summed E-state index contributed by atoms with van der Waals surface area (Å²) >= 11 is 0. The molecule has 0 radical (unpaired) electrons. The Hall–Kier alpha value is -1.71. The molecule has 0 bridgehead atoms. The minimum absolute atomic E-state index is 0.00551. The molecule has 1 heterocycles. The van der Waals surface area contributed by atoms with E-state index in [1.54, 1.807) is 6.92 Å². The molecule has 0 saturated carbocycles. The van der Waals surface area contributed by atoms with Crippen molar-refractivity contribution < 1.29 is 4.79 Å². The molecule has 0 aromatic rings. The monoisotopic (exact) mass is 440 g/mol. The predicted molar refractivity (Wildman–Crippen MR) is 141 cm³/mol. The molecule has 0 aromatic heterocycles. The Morgan fingerprint density at radius 2 is 1.31 bits per heavy atom. The molecule has 32 heavy (non-hydrogen) atoms. The molecule has 1 saturated heterocycles. The molecule has 1 unspecified atom stereocenters.